The number of nitro groups is 1. The Labute approximate surface area is 362 Å². The summed E-state index contributed by atoms with van der Waals surface area (Å²) in [6, 6.07) is 23.3. The molecule has 12 nitrogen and oxygen atoms in total. The number of hydrogen-bond donors (Lipinski definition) is 2. The molecule has 2 aliphatic rings. The van der Waals surface area contributed by atoms with Crippen molar-refractivity contribution in [2.45, 2.75) is 116 Å². The second kappa shape index (κ2) is 18.2. The van der Waals surface area contributed by atoms with Crippen LogP contribution in [0.25, 0.3) is 6.08 Å². The Hall–Kier alpha value is -6.19. The van der Waals surface area contributed by atoms with Gasteiger partial charge in [-0.15, -0.1) is 0 Å². The number of aryl methyl sites for hydroxylation is 1. The number of hydrogen-bond acceptors (Lipinski definition) is 9. The maximum atomic E-state index is 14.3. The van der Waals surface area contributed by atoms with Crippen LogP contribution in [0.2, 0.25) is 5.02 Å². The fraction of sp³-hybridized carbons (Fsp3) is 0.375. The van der Waals surface area contributed by atoms with E-state index in [2.05, 4.69) is 70.4 Å². The Kier molecular flexibility index (Phi) is 13.2. The lowest BCUT2D eigenvalue weighted by atomic mass is 9.76. The average molecular weight is 846 g/mol. The summed E-state index contributed by atoms with van der Waals surface area (Å²) in [6.07, 6.45) is 3.18. The predicted molar refractivity (Wildman–Crippen MR) is 238 cm³/mol. The van der Waals surface area contributed by atoms with E-state index in [1.165, 1.54) is 28.7 Å². The van der Waals surface area contributed by atoms with Crippen molar-refractivity contribution >= 4 is 58.2 Å². The molecule has 1 fully saturated rings. The van der Waals surface area contributed by atoms with Crippen LogP contribution in [-0.2, 0) is 20.4 Å². The van der Waals surface area contributed by atoms with Gasteiger partial charge in [0, 0.05) is 35.0 Å². The number of benzene rings is 4. The number of carbonyl (C=O) groups is 3. The molecule has 0 aromatic heterocycles. The van der Waals surface area contributed by atoms with Crippen molar-refractivity contribution in [2.24, 2.45) is 0 Å². The summed E-state index contributed by atoms with van der Waals surface area (Å²) in [7, 11) is 0. The van der Waals surface area contributed by atoms with Crippen LogP contribution in [0, 0.1) is 28.4 Å². The number of nitrogens with one attached hydrogen (secondary N) is 2. The van der Waals surface area contributed by atoms with Crippen molar-refractivity contribution in [1.29, 1.82) is 5.26 Å². The van der Waals surface area contributed by atoms with Crippen LogP contribution in [0.4, 0.5) is 27.5 Å². The summed E-state index contributed by atoms with van der Waals surface area (Å²) in [4.78, 5) is 54.1. The molecule has 318 valence electrons. The molecule has 0 saturated heterocycles. The van der Waals surface area contributed by atoms with Gasteiger partial charge in [0.15, 0.2) is 0 Å². The lowest BCUT2D eigenvalue weighted by Crippen LogP contribution is -2.46. The highest BCUT2D eigenvalue weighted by Crippen LogP contribution is 2.47. The number of halogens is 1. The average Bonchev–Trinajstić information content (AvgIpc) is 3.94. The van der Waals surface area contributed by atoms with Gasteiger partial charge in [-0.3, -0.25) is 24.6 Å². The highest BCUT2D eigenvalue weighted by molar-refractivity contribution is 6.34. The zero-order valence-corrected chi connectivity index (χ0v) is 36.4. The number of fused-ring (bicyclic) bond motifs is 1. The summed E-state index contributed by atoms with van der Waals surface area (Å²) in [5.74, 6) is -0.997. The van der Waals surface area contributed by atoms with E-state index in [0.29, 0.717) is 24.1 Å². The molecule has 13 heteroatoms. The number of Topliss-reactive ketones (excluding diaryl/α,β-unsaturated/α-hetero) is 1. The number of nitrogens with zero attached hydrogens (tertiary/aromatic N) is 3. The summed E-state index contributed by atoms with van der Waals surface area (Å²) >= 11 is 6.27. The van der Waals surface area contributed by atoms with Gasteiger partial charge < -0.3 is 20.1 Å². The lowest BCUT2D eigenvalue weighted by molar-refractivity contribution is -0.384. The molecule has 2 unspecified atom stereocenters. The van der Waals surface area contributed by atoms with Gasteiger partial charge in [-0.2, -0.15) is 5.26 Å². The van der Waals surface area contributed by atoms with Gasteiger partial charge in [0.2, 0.25) is 18.1 Å². The monoisotopic (exact) mass is 845 g/mol. The Morgan fingerprint density at radius 2 is 1.70 bits per heavy atom. The van der Waals surface area contributed by atoms with Crippen molar-refractivity contribution in [3.05, 3.63) is 127 Å². The molecule has 1 aliphatic heterocycles. The van der Waals surface area contributed by atoms with E-state index >= 15 is 0 Å². The Bertz CT molecular complexity index is 2420. The zero-order valence-electron chi connectivity index (χ0n) is 35.6. The zero-order chi connectivity index (χ0) is 44.2. The van der Waals surface area contributed by atoms with Gasteiger partial charge >= 0.3 is 6.09 Å². The number of ether oxygens (including phenoxy) is 2. The number of anilines is 3. The van der Waals surface area contributed by atoms with Gasteiger partial charge in [0.25, 0.3) is 11.6 Å². The number of carbonyl (C=O) groups excluding carboxylic acids is 3. The van der Waals surface area contributed by atoms with Gasteiger partial charge in [-0.1, -0.05) is 108 Å². The first-order chi connectivity index (χ1) is 29.0. The Morgan fingerprint density at radius 3 is 2.31 bits per heavy atom. The van der Waals surface area contributed by atoms with Gasteiger partial charge in [-0.05, 0) is 90.5 Å². The second-order valence-corrected chi connectivity index (χ2v) is 17.4. The maximum absolute atomic E-state index is 14.3. The van der Waals surface area contributed by atoms with E-state index in [-0.39, 0.29) is 38.8 Å². The Balaban J connectivity index is 1.29. The molecule has 2 atom stereocenters. The number of nitriles is 1. The molecular formula is C48H52ClN5O7. The number of nitro benzene ring substituents is 1. The van der Waals surface area contributed by atoms with Gasteiger partial charge in [-0.25, -0.2) is 4.79 Å². The van der Waals surface area contributed by atoms with Crippen LogP contribution in [0.15, 0.2) is 84.4 Å². The SMILES string of the molecule is CCC(C)(C)c1cc2c(c(C(C)(C)CC)c1)OC(C(C#N)=Cc1ccc(N(C(=O)OC(C(=O)Nc3ccc([N+](=O)[O-])cc3Cl)C(=O)c3ccccc3)C3CCCC3)cc1C)N2. The largest absolute Gasteiger partial charge is 0.463 e. The molecule has 4 aromatic rings. The number of rotatable bonds is 14. The predicted octanol–water partition coefficient (Wildman–Crippen LogP) is 11.4. The third-order valence-electron chi connectivity index (χ3n) is 12.2. The number of non-ortho nitro benzene ring substituents is 1. The summed E-state index contributed by atoms with van der Waals surface area (Å²) in [6.45, 7) is 15.1. The van der Waals surface area contributed by atoms with E-state index in [0.717, 1.165) is 65.9 Å². The van der Waals surface area contributed by atoms with E-state index in [9.17, 15) is 29.8 Å². The molecule has 0 bridgehead atoms. The number of ketones is 1. The molecule has 0 spiro atoms. The first-order valence-corrected chi connectivity index (χ1v) is 21.0. The molecule has 2 N–H and O–H groups in total. The molecule has 61 heavy (non-hydrogen) atoms. The van der Waals surface area contributed by atoms with E-state index < -0.39 is 35.0 Å². The van der Waals surface area contributed by atoms with Crippen molar-refractivity contribution < 1.29 is 28.8 Å². The fourth-order valence-corrected chi connectivity index (χ4v) is 7.79. The molecule has 2 amide bonds. The lowest BCUT2D eigenvalue weighted by Gasteiger charge is -2.30. The molecule has 6 rings (SSSR count). The van der Waals surface area contributed by atoms with Crippen LogP contribution < -0.4 is 20.3 Å². The maximum Gasteiger partial charge on any atom is 0.415 e. The van der Waals surface area contributed by atoms with Crippen LogP contribution in [-0.4, -0.2) is 41.1 Å². The third-order valence-corrected chi connectivity index (χ3v) is 12.5. The minimum absolute atomic E-state index is 0.000321. The first-order valence-electron chi connectivity index (χ1n) is 20.7. The van der Waals surface area contributed by atoms with Crippen LogP contribution >= 0.6 is 11.6 Å². The van der Waals surface area contributed by atoms with Crippen molar-refractivity contribution in [1.82, 2.24) is 0 Å². The standard InChI is InChI=1S/C48H52ClN5O7/c1-8-47(4,5)33-25-37(48(6,7)9-2)42-40(26-33)52-45(60-42)32(28-50)24-31-19-20-35(23-29(31)3)53(34-17-13-14-18-34)46(57)61-43(41(55)30-15-11-10-12-16-30)44(56)51-39-22-21-36(54(58)59)27-38(39)49/h10-12,15-16,19-27,34,43,45,52H,8-9,13-14,17-18H2,1-7H3,(H,51,56). The minimum atomic E-state index is -1.93. The topological polar surface area (TPSA) is 164 Å². The highest BCUT2D eigenvalue weighted by atomic mass is 35.5. The quantitative estimate of drug-likeness (QED) is 0.0413. The van der Waals surface area contributed by atoms with Crippen LogP contribution in [0.3, 0.4) is 0 Å². The molecule has 4 aromatic carbocycles. The highest BCUT2D eigenvalue weighted by Gasteiger charge is 2.38. The summed E-state index contributed by atoms with van der Waals surface area (Å²) in [5, 5.41) is 27.6. The normalized spacial score (nSPS) is 15.8. The van der Waals surface area contributed by atoms with Gasteiger partial charge in [0.05, 0.1) is 26.9 Å². The third kappa shape index (κ3) is 9.58. The first kappa shape index (κ1) is 44.4. The molecule has 1 aliphatic carbocycles. The Morgan fingerprint density at radius 1 is 1.02 bits per heavy atom. The smallest absolute Gasteiger partial charge is 0.415 e. The molecule has 1 heterocycles. The van der Waals surface area contributed by atoms with E-state index in [1.54, 1.807) is 30.3 Å². The second-order valence-electron chi connectivity index (χ2n) is 17.0. The fourth-order valence-electron chi connectivity index (χ4n) is 7.57. The van der Waals surface area contributed by atoms with Crippen molar-refractivity contribution in [2.75, 3.05) is 15.5 Å². The summed E-state index contributed by atoms with van der Waals surface area (Å²) in [5.41, 5.74) is 5.13. The molecule has 0 radical (unpaired) electrons. The van der Waals surface area contributed by atoms with E-state index in [1.807, 2.05) is 19.1 Å². The van der Waals surface area contributed by atoms with Gasteiger partial charge in [0.1, 0.15) is 11.8 Å². The van der Waals surface area contributed by atoms with Crippen LogP contribution in [0.1, 0.15) is 113 Å². The van der Waals surface area contributed by atoms with Crippen molar-refractivity contribution in [3.63, 3.8) is 0 Å². The van der Waals surface area contributed by atoms with E-state index in [4.69, 9.17) is 21.1 Å². The minimum Gasteiger partial charge on any atom is -0.463 e. The van der Waals surface area contributed by atoms with Crippen molar-refractivity contribution in [3.8, 4) is 11.8 Å². The van der Waals surface area contributed by atoms with Crippen LogP contribution in [0.5, 0.6) is 5.75 Å². The number of amides is 2. The molecule has 1 saturated carbocycles. The summed E-state index contributed by atoms with van der Waals surface area (Å²) < 4.78 is 12.4. The molecular weight excluding hydrogens is 794 g/mol.